The number of piperidine rings is 1. The third kappa shape index (κ3) is 4.45. The van der Waals surface area contributed by atoms with Crippen LogP contribution in [-0.4, -0.2) is 39.5 Å². The van der Waals surface area contributed by atoms with Crippen LogP contribution in [0.4, 0.5) is 0 Å². The van der Waals surface area contributed by atoms with Crippen molar-refractivity contribution in [2.75, 3.05) is 0 Å². The highest BCUT2D eigenvalue weighted by Crippen LogP contribution is 2.34. The van der Waals surface area contributed by atoms with Crippen molar-refractivity contribution in [2.45, 2.75) is 70.4 Å². The van der Waals surface area contributed by atoms with E-state index in [1.807, 2.05) is 31.2 Å². The van der Waals surface area contributed by atoms with E-state index in [9.17, 15) is 10.2 Å². The second kappa shape index (κ2) is 8.87. The second-order valence-corrected chi connectivity index (χ2v) is 8.78. The standard InChI is InChI=1S/C23H30BrNO2/c1-15-7-6-8-16(2)25(15)23(27)22(26)17(3)20-9-4-5-10-21(20)18-11-13-19(24)14-12-18/h4-5,9-17,22-23,26-27H,6-8H2,1-3H3. The monoisotopic (exact) mass is 431 g/mol. The summed E-state index contributed by atoms with van der Waals surface area (Å²) in [7, 11) is 0. The minimum atomic E-state index is -0.858. The molecule has 0 radical (unpaired) electrons. The Kier molecular flexibility index (Phi) is 6.74. The molecule has 2 aromatic rings. The number of halogens is 1. The summed E-state index contributed by atoms with van der Waals surface area (Å²) in [6.45, 7) is 6.29. The number of hydrogen-bond acceptors (Lipinski definition) is 3. The highest BCUT2D eigenvalue weighted by atomic mass is 79.9. The Hall–Kier alpha value is -1.20. The molecular weight excluding hydrogens is 402 g/mol. The molecule has 0 aromatic heterocycles. The van der Waals surface area contributed by atoms with Crippen LogP contribution in [0.15, 0.2) is 53.0 Å². The van der Waals surface area contributed by atoms with E-state index in [4.69, 9.17) is 0 Å². The molecule has 2 N–H and O–H groups in total. The third-order valence-electron chi connectivity index (χ3n) is 5.99. The Morgan fingerprint density at radius 2 is 1.56 bits per heavy atom. The molecule has 3 nitrogen and oxygen atoms in total. The van der Waals surface area contributed by atoms with E-state index >= 15 is 0 Å². The fraction of sp³-hybridized carbons (Fsp3) is 0.478. The highest BCUT2D eigenvalue weighted by molar-refractivity contribution is 9.10. The molecule has 0 saturated carbocycles. The van der Waals surface area contributed by atoms with Crippen LogP contribution < -0.4 is 0 Å². The number of aliphatic hydroxyl groups excluding tert-OH is 2. The van der Waals surface area contributed by atoms with Crippen molar-refractivity contribution in [3.8, 4) is 11.1 Å². The fourth-order valence-electron chi connectivity index (χ4n) is 4.37. The van der Waals surface area contributed by atoms with Gasteiger partial charge in [0.1, 0.15) is 12.3 Å². The van der Waals surface area contributed by atoms with Crippen molar-refractivity contribution in [2.24, 2.45) is 0 Å². The molecule has 0 aliphatic carbocycles. The van der Waals surface area contributed by atoms with Gasteiger partial charge >= 0.3 is 0 Å². The van der Waals surface area contributed by atoms with E-state index in [-0.39, 0.29) is 18.0 Å². The summed E-state index contributed by atoms with van der Waals surface area (Å²) in [6, 6.07) is 16.9. The normalized spacial score (nSPS) is 24.4. The van der Waals surface area contributed by atoms with Gasteiger partial charge in [0.15, 0.2) is 0 Å². The van der Waals surface area contributed by atoms with Crippen LogP contribution in [0.25, 0.3) is 11.1 Å². The van der Waals surface area contributed by atoms with Crippen LogP contribution in [-0.2, 0) is 0 Å². The number of likely N-dealkylation sites (tertiary alicyclic amines) is 1. The van der Waals surface area contributed by atoms with Gasteiger partial charge in [0.25, 0.3) is 0 Å². The predicted octanol–water partition coefficient (Wildman–Crippen LogP) is 5.16. The van der Waals surface area contributed by atoms with E-state index in [1.165, 1.54) is 6.42 Å². The van der Waals surface area contributed by atoms with Gasteiger partial charge in [-0.1, -0.05) is 65.7 Å². The van der Waals surface area contributed by atoms with Crippen LogP contribution in [0.3, 0.4) is 0 Å². The minimum absolute atomic E-state index is 0.179. The van der Waals surface area contributed by atoms with Crippen LogP contribution in [0.2, 0.25) is 0 Å². The Balaban J connectivity index is 1.87. The molecule has 4 heteroatoms. The molecule has 3 rings (SSSR count). The van der Waals surface area contributed by atoms with Crippen molar-refractivity contribution in [3.05, 3.63) is 58.6 Å². The average molecular weight is 432 g/mol. The lowest BCUT2D eigenvalue weighted by Gasteiger charge is -2.44. The van der Waals surface area contributed by atoms with Gasteiger partial charge in [-0.3, -0.25) is 4.90 Å². The zero-order valence-electron chi connectivity index (χ0n) is 16.3. The molecule has 5 unspecified atom stereocenters. The van der Waals surface area contributed by atoms with Gasteiger partial charge in [-0.2, -0.15) is 0 Å². The van der Waals surface area contributed by atoms with Gasteiger partial charge in [-0.25, -0.2) is 0 Å². The van der Waals surface area contributed by atoms with Crippen LogP contribution >= 0.6 is 15.9 Å². The van der Waals surface area contributed by atoms with Gasteiger partial charge in [-0.05, 0) is 55.5 Å². The number of nitrogens with zero attached hydrogens (tertiary/aromatic N) is 1. The molecule has 1 aliphatic rings. The lowest BCUT2D eigenvalue weighted by Crippen LogP contribution is -2.55. The molecule has 1 aliphatic heterocycles. The Morgan fingerprint density at radius 3 is 2.19 bits per heavy atom. The van der Waals surface area contributed by atoms with Gasteiger partial charge in [0.05, 0.1) is 0 Å². The van der Waals surface area contributed by atoms with Crippen LogP contribution in [0.1, 0.15) is 51.5 Å². The van der Waals surface area contributed by atoms with Crippen LogP contribution in [0, 0.1) is 0 Å². The zero-order chi connectivity index (χ0) is 19.6. The lowest BCUT2D eigenvalue weighted by atomic mass is 9.86. The molecule has 1 fully saturated rings. The molecule has 0 bridgehead atoms. The number of benzene rings is 2. The smallest absolute Gasteiger partial charge is 0.134 e. The topological polar surface area (TPSA) is 43.7 Å². The summed E-state index contributed by atoms with van der Waals surface area (Å²) in [6.07, 6.45) is 1.62. The SMILES string of the molecule is CC(c1ccccc1-c1ccc(Br)cc1)C(O)C(O)N1C(C)CCCC1C. The molecule has 146 valence electrons. The second-order valence-electron chi connectivity index (χ2n) is 7.86. The lowest BCUT2D eigenvalue weighted by molar-refractivity contribution is -0.130. The first-order valence-corrected chi connectivity index (χ1v) is 10.7. The Labute approximate surface area is 171 Å². The minimum Gasteiger partial charge on any atom is -0.388 e. The molecule has 27 heavy (non-hydrogen) atoms. The molecule has 2 aromatic carbocycles. The first-order chi connectivity index (χ1) is 12.9. The first kappa shape index (κ1) is 20.5. The van der Waals surface area contributed by atoms with Crippen molar-refractivity contribution in [1.82, 2.24) is 4.90 Å². The molecule has 5 atom stereocenters. The third-order valence-corrected chi connectivity index (χ3v) is 6.52. The maximum Gasteiger partial charge on any atom is 0.134 e. The summed E-state index contributed by atoms with van der Waals surface area (Å²) in [5, 5.41) is 22.0. The van der Waals surface area contributed by atoms with Crippen molar-refractivity contribution in [1.29, 1.82) is 0 Å². The summed E-state index contributed by atoms with van der Waals surface area (Å²) >= 11 is 3.48. The molecule has 1 heterocycles. The highest BCUT2D eigenvalue weighted by Gasteiger charge is 2.36. The number of hydrogen-bond donors (Lipinski definition) is 2. The maximum absolute atomic E-state index is 11.0. The van der Waals surface area contributed by atoms with E-state index in [2.05, 4.69) is 58.9 Å². The summed E-state index contributed by atoms with van der Waals surface area (Å²) in [5.74, 6) is -0.179. The maximum atomic E-state index is 11.0. The quantitative estimate of drug-likeness (QED) is 0.686. The van der Waals surface area contributed by atoms with Gasteiger partial charge in [-0.15, -0.1) is 0 Å². The van der Waals surface area contributed by atoms with Gasteiger partial charge < -0.3 is 10.2 Å². The molecular formula is C23H30BrNO2. The predicted molar refractivity (Wildman–Crippen MR) is 115 cm³/mol. The van der Waals surface area contributed by atoms with E-state index in [0.717, 1.165) is 34.0 Å². The van der Waals surface area contributed by atoms with E-state index < -0.39 is 12.3 Å². The first-order valence-electron chi connectivity index (χ1n) is 9.88. The number of rotatable bonds is 5. The van der Waals surface area contributed by atoms with E-state index in [1.54, 1.807) is 0 Å². The zero-order valence-corrected chi connectivity index (χ0v) is 17.9. The Bertz CT molecular complexity index is 738. The summed E-state index contributed by atoms with van der Waals surface area (Å²) < 4.78 is 1.04. The van der Waals surface area contributed by atoms with Crippen molar-refractivity contribution in [3.63, 3.8) is 0 Å². The average Bonchev–Trinajstić information content (AvgIpc) is 2.67. The van der Waals surface area contributed by atoms with Crippen LogP contribution in [0.5, 0.6) is 0 Å². The largest absolute Gasteiger partial charge is 0.388 e. The molecule has 1 saturated heterocycles. The number of aliphatic hydroxyl groups is 2. The van der Waals surface area contributed by atoms with E-state index in [0.29, 0.717) is 0 Å². The Morgan fingerprint density at radius 1 is 0.963 bits per heavy atom. The van der Waals surface area contributed by atoms with Crippen molar-refractivity contribution < 1.29 is 10.2 Å². The molecule has 0 spiro atoms. The van der Waals surface area contributed by atoms with Gasteiger partial charge in [0, 0.05) is 22.5 Å². The van der Waals surface area contributed by atoms with Gasteiger partial charge in [0.2, 0.25) is 0 Å². The molecule has 0 amide bonds. The summed E-state index contributed by atoms with van der Waals surface area (Å²) in [5.41, 5.74) is 3.27. The fourth-order valence-corrected chi connectivity index (χ4v) is 4.63. The summed E-state index contributed by atoms with van der Waals surface area (Å²) in [4.78, 5) is 2.09. The van der Waals surface area contributed by atoms with Crippen molar-refractivity contribution >= 4 is 15.9 Å².